The second kappa shape index (κ2) is 8.04. The Balaban J connectivity index is 2.91. The molecule has 0 atom stereocenters. The van der Waals surface area contributed by atoms with Gasteiger partial charge in [-0.15, -0.1) is 0 Å². The summed E-state index contributed by atoms with van der Waals surface area (Å²) in [5.74, 6) is 6.01. The van der Waals surface area contributed by atoms with Crippen molar-refractivity contribution in [2.45, 2.75) is 40.3 Å². The lowest BCUT2D eigenvalue weighted by atomic mass is 10.1. The van der Waals surface area contributed by atoms with Gasteiger partial charge >= 0.3 is 0 Å². The maximum atomic E-state index is 13.7. The number of halogens is 1. The molecule has 20 heavy (non-hydrogen) atoms. The normalized spacial score (nSPS) is 11.1. The molecule has 1 aromatic carbocycles. The van der Waals surface area contributed by atoms with Crippen LogP contribution < -0.4 is 5.73 Å². The monoisotopic (exact) mass is 276 g/mol. The molecule has 0 radical (unpaired) electrons. The van der Waals surface area contributed by atoms with Gasteiger partial charge in [0.1, 0.15) is 5.82 Å². The second-order valence-corrected chi connectivity index (χ2v) is 5.77. The van der Waals surface area contributed by atoms with Crippen molar-refractivity contribution in [3.8, 4) is 11.8 Å². The summed E-state index contributed by atoms with van der Waals surface area (Å²) < 4.78 is 13.7. The van der Waals surface area contributed by atoms with Gasteiger partial charge in [-0.3, -0.25) is 4.90 Å². The van der Waals surface area contributed by atoms with Crippen LogP contribution in [0.4, 0.5) is 4.39 Å². The minimum atomic E-state index is -0.239. The highest BCUT2D eigenvalue weighted by molar-refractivity contribution is 5.38. The molecule has 1 aromatic rings. The highest BCUT2D eigenvalue weighted by Gasteiger charge is 2.12. The summed E-state index contributed by atoms with van der Waals surface area (Å²) >= 11 is 0. The highest BCUT2D eigenvalue weighted by atomic mass is 19.1. The van der Waals surface area contributed by atoms with Gasteiger partial charge in [-0.25, -0.2) is 4.39 Å². The molecule has 0 spiro atoms. The Hall–Kier alpha value is -1.37. The molecule has 0 fully saturated rings. The molecule has 0 heterocycles. The summed E-state index contributed by atoms with van der Waals surface area (Å²) in [6.45, 7) is 10.7. The average molecular weight is 276 g/mol. The predicted molar refractivity (Wildman–Crippen MR) is 82.7 cm³/mol. The molecule has 110 valence electrons. The number of hydrogen-bond acceptors (Lipinski definition) is 2. The molecular formula is C17H25FN2. The quantitative estimate of drug-likeness (QED) is 0.838. The summed E-state index contributed by atoms with van der Waals surface area (Å²) in [6.07, 6.45) is 0. The molecule has 0 saturated heterocycles. The summed E-state index contributed by atoms with van der Waals surface area (Å²) in [6, 6.07) is 5.42. The van der Waals surface area contributed by atoms with Gasteiger partial charge in [0.25, 0.3) is 0 Å². The molecule has 0 aliphatic rings. The highest BCUT2D eigenvalue weighted by Crippen LogP contribution is 2.14. The van der Waals surface area contributed by atoms with Gasteiger partial charge in [0.05, 0.1) is 6.54 Å². The van der Waals surface area contributed by atoms with Crippen molar-refractivity contribution < 1.29 is 4.39 Å². The molecule has 2 N–H and O–H groups in total. The van der Waals surface area contributed by atoms with Crippen LogP contribution in [-0.2, 0) is 6.54 Å². The van der Waals surface area contributed by atoms with Crippen molar-refractivity contribution in [2.24, 2.45) is 11.7 Å². The van der Waals surface area contributed by atoms with Gasteiger partial charge in [-0.2, -0.15) is 0 Å². The zero-order valence-electron chi connectivity index (χ0n) is 12.9. The SMILES string of the molecule is CC(C)CN(Cc1cc(F)cc(C#CCN)c1)C(C)C. The van der Waals surface area contributed by atoms with Gasteiger partial charge in [-0.05, 0) is 43.5 Å². The third kappa shape index (κ3) is 5.73. The molecule has 0 unspecified atom stereocenters. The van der Waals surface area contributed by atoms with Crippen LogP contribution in [0, 0.1) is 23.6 Å². The van der Waals surface area contributed by atoms with Crippen LogP contribution in [0.2, 0.25) is 0 Å². The van der Waals surface area contributed by atoms with Crippen LogP contribution in [0.1, 0.15) is 38.8 Å². The van der Waals surface area contributed by atoms with Crippen molar-refractivity contribution in [3.05, 3.63) is 35.1 Å². The molecule has 0 aromatic heterocycles. The smallest absolute Gasteiger partial charge is 0.124 e. The molecule has 2 nitrogen and oxygen atoms in total. The summed E-state index contributed by atoms with van der Waals surface area (Å²) in [4.78, 5) is 2.35. The fourth-order valence-electron chi connectivity index (χ4n) is 2.13. The first-order chi connectivity index (χ1) is 9.42. The minimum absolute atomic E-state index is 0.239. The molecule has 0 aliphatic carbocycles. The molecule has 0 aliphatic heterocycles. The van der Waals surface area contributed by atoms with Gasteiger partial charge < -0.3 is 5.73 Å². The Bertz CT molecular complexity index is 483. The fourth-order valence-corrected chi connectivity index (χ4v) is 2.13. The van der Waals surface area contributed by atoms with E-state index in [4.69, 9.17) is 5.73 Å². The van der Waals surface area contributed by atoms with Gasteiger partial charge in [-0.1, -0.05) is 25.7 Å². The van der Waals surface area contributed by atoms with Gasteiger partial charge in [0.15, 0.2) is 0 Å². The van der Waals surface area contributed by atoms with E-state index < -0.39 is 0 Å². The molecule has 0 bridgehead atoms. The lowest BCUT2D eigenvalue weighted by Gasteiger charge is -2.28. The van der Waals surface area contributed by atoms with Crippen LogP contribution in [0.3, 0.4) is 0 Å². The molecule has 0 saturated carbocycles. The Kier molecular flexibility index (Phi) is 6.70. The molecular weight excluding hydrogens is 251 g/mol. The largest absolute Gasteiger partial charge is 0.320 e. The fraction of sp³-hybridized carbons (Fsp3) is 0.529. The van der Waals surface area contributed by atoms with Crippen molar-refractivity contribution in [1.82, 2.24) is 4.90 Å². The van der Waals surface area contributed by atoms with E-state index in [1.165, 1.54) is 6.07 Å². The van der Waals surface area contributed by atoms with Crippen molar-refractivity contribution in [2.75, 3.05) is 13.1 Å². The van der Waals surface area contributed by atoms with E-state index in [1.807, 2.05) is 6.07 Å². The van der Waals surface area contributed by atoms with Crippen LogP contribution in [0.5, 0.6) is 0 Å². The number of nitrogens with zero attached hydrogens (tertiary/aromatic N) is 1. The number of rotatable bonds is 5. The Labute approximate surface area is 122 Å². The third-order valence-corrected chi connectivity index (χ3v) is 3.01. The van der Waals surface area contributed by atoms with Gasteiger partial charge in [0.2, 0.25) is 0 Å². The van der Waals surface area contributed by atoms with E-state index in [2.05, 4.69) is 44.4 Å². The Morgan fingerprint density at radius 2 is 1.90 bits per heavy atom. The van der Waals surface area contributed by atoms with E-state index in [0.29, 0.717) is 17.5 Å². The molecule has 3 heteroatoms. The standard InChI is InChI=1S/C17H25FN2/c1-13(2)11-20(14(3)4)12-16-8-15(6-5-7-19)9-17(18)10-16/h8-10,13-14H,7,11-12,19H2,1-4H3. The second-order valence-electron chi connectivity index (χ2n) is 5.77. The number of benzene rings is 1. The lowest BCUT2D eigenvalue weighted by Crippen LogP contribution is -2.33. The number of hydrogen-bond donors (Lipinski definition) is 1. The zero-order valence-corrected chi connectivity index (χ0v) is 12.9. The van der Waals surface area contributed by atoms with E-state index in [0.717, 1.165) is 18.7 Å². The van der Waals surface area contributed by atoms with Crippen LogP contribution in [0.15, 0.2) is 18.2 Å². The Morgan fingerprint density at radius 3 is 2.45 bits per heavy atom. The van der Waals surface area contributed by atoms with Crippen LogP contribution in [-0.4, -0.2) is 24.0 Å². The summed E-state index contributed by atoms with van der Waals surface area (Å²) in [7, 11) is 0. The maximum absolute atomic E-state index is 13.7. The van der Waals surface area contributed by atoms with E-state index in [-0.39, 0.29) is 12.4 Å². The van der Waals surface area contributed by atoms with Crippen molar-refractivity contribution in [1.29, 1.82) is 0 Å². The average Bonchev–Trinajstić information content (AvgIpc) is 2.34. The van der Waals surface area contributed by atoms with E-state index in [9.17, 15) is 4.39 Å². The first-order valence-corrected chi connectivity index (χ1v) is 7.14. The Morgan fingerprint density at radius 1 is 1.20 bits per heavy atom. The predicted octanol–water partition coefficient (Wildman–Crippen LogP) is 3.00. The summed E-state index contributed by atoms with van der Waals surface area (Å²) in [5.41, 5.74) is 7.00. The topological polar surface area (TPSA) is 29.3 Å². The molecule has 1 rings (SSSR count). The first-order valence-electron chi connectivity index (χ1n) is 7.14. The molecule has 0 amide bonds. The first kappa shape index (κ1) is 16.7. The van der Waals surface area contributed by atoms with Crippen LogP contribution in [0.25, 0.3) is 0 Å². The summed E-state index contributed by atoms with van der Waals surface area (Å²) in [5, 5.41) is 0. The van der Waals surface area contributed by atoms with Crippen molar-refractivity contribution in [3.63, 3.8) is 0 Å². The van der Waals surface area contributed by atoms with E-state index in [1.54, 1.807) is 6.07 Å². The zero-order chi connectivity index (χ0) is 15.1. The lowest BCUT2D eigenvalue weighted by molar-refractivity contribution is 0.189. The van der Waals surface area contributed by atoms with E-state index >= 15 is 0 Å². The third-order valence-electron chi connectivity index (χ3n) is 3.01. The van der Waals surface area contributed by atoms with Crippen molar-refractivity contribution >= 4 is 0 Å². The van der Waals surface area contributed by atoms with Gasteiger partial charge in [0, 0.05) is 24.7 Å². The maximum Gasteiger partial charge on any atom is 0.124 e. The van der Waals surface area contributed by atoms with Crippen LogP contribution >= 0.6 is 0 Å². The number of nitrogens with two attached hydrogens (primary N) is 1. The minimum Gasteiger partial charge on any atom is -0.320 e.